The number of rotatable bonds is 1. The summed E-state index contributed by atoms with van der Waals surface area (Å²) in [6.07, 6.45) is 0. The van der Waals surface area contributed by atoms with Gasteiger partial charge in [0.15, 0.2) is 5.84 Å². The number of nitrogens with one attached hydrogen (secondary N) is 2. The Kier molecular flexibility index (Phi) is 2.61. The normalized spacial score (nSPS) is 8.12. The van der Waals surface area contributed by atoms with Gasteiger partial charge in [-0.05, 0) is 6.92 Å². The van der Waals surface area contributed by atoms with Crippen molar-refractivity contribution in [2.75, 3.05) is 6.54 Å². The molecule has 0 fully saturated rings. The molecule has 0 bridgehead atoms. The third-order valence-electron chi connectivity index (χ3n) is 0.600. The maximum Gasteiger partial charge on any atom is 0.283 e. The minimum Gasteiger partial charge on any atom is -0.366 e. The van der Waals surface area contributed by atoms with Crippen molar-refractivity contribution in [1.82, 2.24) is 5.32 Å². The Labute approximate surface area is 47.6 Å². The molecule has 0 aromatic carbocycles. The molecular weight excluding hydrogens is 106 g/mol. The Morgan fingerprint density at radius 2 is 2.38 bits per heavy atom. The van der Waals surface area contributed by atoms with E-state index in [0.29, 0.717) is 6.54 Å². The molecule has 1 amide bonds. The van der Waals surface area contributed by atoms with Crippen LogP contribution in [0.3, 0.4) is 0 Å². The average Bonchev–Trinajstić information content (AvgIpc) is 1.67. The molecule has 0 radical (unpaired) electrons. The molecule has 4 nitrogen and oxygen atoms in total. The Morgan fingerprint density at radius 3 is 2.50 bits per heavy atom. The standard InChI is InChI=1S/C4H9N3O/c1-2-7-3(5)4(6)8/h2H2,1H3,(H2,5,7)(H2,6,8). The Morgan fingerprint density at radius 1 is 1.88 bits per heavy atom. The van der Waals surface area contributed by atoms with Gasteiger partial charge in [-0.15, -0.1) is 0 Å². The molecule has 4 heteroatoms. The molecule has 0 aliphatic rings. The lowest BCUT2D eigenvalue weighted by atomic mass is 10.5. The number of hydrogen-bond donors (Lipinski definition) is 3. The van der Waals surface area contributed by atoms with Crippen molar-refractivity contribution in [2.24, 2.45) is 5.73 Å². The smallest absolute Gasteiger partial charge is 0.283 e. The summed E-state index contributed by atoms with van der Waals surface area (Å²) >= 11 is 0. The minimum absolute atomic E-state index is 0.229. The van der Waals surface area contributed by atoms with Crippen molar-refractivity contribution in [2.45, 2.75) is 6.92 Å². The van der Waals surface area contributed by atoms with Crippen molar-refractivity contribution in [3.8, 4) is 0 Å². The van der Waals surface area contributed by atoms with Crippen LogP contribution in [0.1, 0.15) is 6.92 Å². The van der Waals surface area contributed by atoms with Crippen LogP contribution in [0, 0.1) is 5.41 Å². The van der Waals surface area contributed by atoms with Gasteiger partial charge < -0.3 is 11.1 Å². The van der Waals surface area contributed by atoms with E-state index in [0.717, 1.165) is 0 Å². The highest BCUT2D eigenvalue weighted by Gasteiger charge is 1.98. The summed E-state index contributed by atoms with van der Waals surface area (Å²) < 4.78 is 0. The van der Waals surface area contributed by atoms with E-state index in [1.165, 1.54) is 0 Å². The van der Waals surface area contributed by atoms with Gasteiger partial charge in [-0.2, -0.15) is 0 Å². The fourth-order valence-electron chi connectivity index (χ4n) is 0.264. The van der Waals surface area contributed by atoms with Crippen LogP contribution in [0.2, 0.25) is 0 Å². The van der Waals surface area contributed by atoms with E-state index < -0.39 is 5.91 Å². The van der Waals surface area contributed by atoms with Crippen LogP contribution >= 0.6 is 0 Å². The van der Waals surface area contributed by atoms with Crippen LogP contribution < -0.4 is 11.1 Å². The molecular formula is C4H9N3O. The first-order chi connectivity index (χ1) is 3.68. The quantitative estimate of drug-likeness (QED) is 0.304. The molecule has 4 N–H and O–H groups in total. The first-order valence-corrected chi connectivity index (χ1v) is 2.30. The van der Waals surface area contributed by atoms with E-state index in [-0.39, 0.29) is 5.84 Å². The summed E-state index contributed by atoms with van der Waals surface area (Å²) in [5, 5.41) is 9.21. The van der Waals surface area contributed by atoms with Crippen LogP contribution in [0.5, 0.6) is 0 Å². The SMILES string of the molecule is CCNC(=N)C(N)=O. The summed E-state index contributed by atoms with van der Waals surface area (Å²) in [4.78, 5) is 10.0. The zero-order chi connectivity index (χ0) is 6.57. The second-order valence-corrected chi connectivity index (χ2v) is 1.27. The molecule has 0 aromatic rings. The molecule has 0 spiro atoms. The van der Waals surface area contributed by atoms with E-state index in [4.69, 9.17) is 11.1 Å². The van der Waals surface area contributed by atoms with Gasteiger partial charge in [-0.3, -0.25) is 10.2 Å². The first kappa shape index (κ1) is 6.94. The van der Waals surface area contributed by atoms with Crippen molar-refractivity contribution in [3.05, 3.63) is 0 Å². The molecule has 8 heavy (non-hydrogen) atoms. The average molecular weight is 115 g/mol. The van der Waals surface area contributed by atoms with Gasteiger partial charge in [0, 0.05) is 6.54 Å². The number of hydrogen-bond acceptors (Lipinski definition) is 2. The van der Waals surface area contributed by atoms with Gasteiger partial charge in [-0.25, -0.2) is 0 Å². The van der Waals surface area contributed by atoms with Crippen molar-refractivity contribution < 1.29 is 4.79 Å². The molecule has 0 aromatic heterocycles. The lowest BCUT2D eigenvalue weighted by molar-refractivity contribution is -0.112. The van der Waals surface area contributed by atoms with E-state index in [2.05, 4.69) is 5.32 Å². The highest BCUT2D eigenvalue weighted by Crippen LogP contribution is 1.60. The molecule has 0 aliphatic carbocycles. The summed E-state index contributed by atoms with van der Waals surface area (Å²) in [5.41, 5.74) is 4.70. The maximum absolute atomic E-state index is 10.0. The summed E-state index contributed by atoms with van der Waals surface area (Å²) in [7, 11) is 0. The Hall–Kier alpha value is -1.06. The van der Waals surface area contributed by atoms with E-state index >= 15 is 0 Å². The van der Waals surface area contributed by atoms with Gasteiger partial charge in [0.1, 0.15) is 0 Å². The molecule has 0 aliphatic heterocycles. The van der Waals surface area contributed by atoms with Gasteiger partial charge >= 0.3 is 0 Å². The summed E-state index contributed by atoms with van der Waals surface area (Å²) in [6, 6.07) is 0. The molecule has 0 heterocycles. The number of carbonyl (C=O) groups excluding carboxylic acids is 1. The molecule has 0 rings (SSSR count). The maximum atomic E-state index is 10.0. The summed E-state index contributed by atoms with van der Waals surface area (Å²) in [5.74, 6) is -0.945. The third kappa shape index (κ3) is 2.17. The van der Waals surface area contributed by atoms with Crippen LogP contribution in [0.15, 0.2) is 0 Å². The predicted octanol–water partition coefficient (Wildman–Crippen LogP) is -0.942. The predicted molar refractivity (Wildman–Crippen MR) is 30.6 cm³/mol. The molecule has 0 unspecified atom stereocenters. The van der Waals surface area contributed by atoms with E-state index in [1.807, 2.05) is 0 Å². The number of amides is 1. The Balaban J connectivity index is 3.49. The number of primary amides is 1. The largest absolute Gasteiger partial charge is 0.366 e. The fourth-order valence-corrected chi connectivity index (χ4v) is 0.264. The lowest BCUT2D eigenvalue weighted by Crippen LogP contribution is -2.35. The zero-order valence-electron chi connectivity index (χ0n) is 4.69. The van der Waals surface area contributed by atoms with Crippen LogP contribution in [0.25, 0.3) is 0 Å². The van der Waals surface area contributed by atoms with Gasteiger partial charge in [0.05, 0.1) is 0 Å². The first-order valence-electron chi connectivity index (χ1n) is 2.30. The van der Waals surface area contributed by atoms with Crippen molar-refractivity contribution in [1.29, 1.82) is 5.41 Å². The highest BCUT2D eigenvalue weighted by atomic mass is 16.1. The zero-order valence-corrected chi connectivity index (χ0v) is 4.69. The minimum atomic E-state index is -0.716. The second-order valence-electron chi connectivity index (χ2n) is 1.27. The number of carbonyl (C=O) groups is 1. The number of amidine groups is 1. The third-order valence-corrected chi connectivity index (χ3v) is 0.600. The fraction of sp³-hybridized carbons (Fsp3) is 0.500. The topological polar surface area (TPSA) is 79.0 Å². The van der Waals surface area contributed by atoms with Gasteiger partial charge in [0.25, 0.3) is 5.91 Å². The van der Waals surface area contributed by atoms with E-state index in [9.17, 15) is 4.79 Å². The molecule has 0 atom stereocenters. The Bertz CT molecular complexity index is 110. The van der Waals surface area contributed by atoms with Gasteiger partial charge in [-0.1, -0.05) is 0 Å². The molecule has 0 saturated heterocycles. The lowest BCUT2D eigenvalue weighted by Gasteiger charge is -1.96. The van der Waals surface area contributed by atoms with Crippen LogP contribution in [-0.2, 0) is 4.79 Å². The van der Waals surface area contributed by atoms with Gasteiger partial charge in [0.2, 0.25) is 0 Å². The molecule has 46 valence electrons. The highest BCUT2D eigenvalue weighted by molar-refractivity contribution is 6.35. The van der Waals surface area contributed by atoms with Crippen LogP contribution in [0.4, 0.5) is 0 Å². The number of likely N-dealkylation sites (N-methyl/N-ethyl adjacent to an activating group) is 1. The van der Waals surface area contributed by atoms with E-state index in [1.54, 1.807) is 6.92 Å². The van der Waals surface area contributed by atoms with Crippen molar-refractivity contribution in [3.63, 3.8) is 0 Å². The van der Waals surface area contributed by atoms with Crippen LogP contribution in [-0.4, -0.2) is 18.3 Å². The van der Waals surface area contributed by atoms with Crippen molar-refractivity contribution >= 4 is 11.7 Å². The summed E-state index contributed by atoms with van der Waals surface area (Å²) in [6.45, 7) is 2.35. The number of nitrogens with two attached hydrogens (primary N) is 1. The molecule has 0 saturated carbocycles. The monoisotopic (exact) mass is 115 g/mol. The second kappa shape index (κ2) is 3.01.